The third-order valence-electron chi connectivity index (χ3n) is 2.32. The van der Waals surface area contributed by atoms with Crippen molar-refractivity contribution in [2.75, 3.05) is 21.2 Å². The fourth-order valence-electron chi connectivity index (χ4n) is 1.63. The minimum Gasteiger partial charge on any atom is -0.495 e. The third kappa shape index (κ3) is 3.26. The maximum Gasteiger partial charge on any atom is 0.408 e. The van der Waals surface area contributed by atoms with E-state index in [4.69, 9.17) is 16.3 Å². The summed E-state index contributed by atoms with van der Waals surface area (Å²) in [7, 11) is 4.15. The van der Waals surface area contributed by atoms with Crippen LogP contribution in [-0.4, -0.2) is 32.3 Å². The molecular weight excluding hydrogens is 255 g/mol. The molecule has 0 spiro atoms. The SMILES string of the molecule is COc1ccc(C(N(C)C)C(F)(F)F)cc1Cl. The van der Waals surface area contributed by atoms with Gasteiger partial charge >= 0.3 is 6.18 Å². The van der Waals surface area contributed by atoms with E-state index in [1.165, 1.54) is 39.4 Å². The van der Waals surface area contributed by atoms with E-state index in [0.29, 0.717) is 5.75 Å². The number of hydrogen-bond acceptors (Lipinski definition) is 2. The highest BCUT2D eigenvalue weighted by Crippen LogP contribution is 2.38. The Morgan fingerprint density at radius 2 is 1.88 bits per heavy atom. The molecule has 6 heteroatoms. The van der Waals surface area contributed by atoms with Crippen molar-refractivity contribution in [3.05, 3.63) is 28.8 Å². The van der Waals surface area contributed by atoms with Gasteiger partial charge in [-0.05, 0) is 31.8 Å². The van der Waals surface area contributed by atoms with Gasteiger partial charge in [0.15, 0.2) is 0 Å². The number of hydrogen-bond donors (Lipinski definition) is 0. The van der Waals surface area contributed by atoms with Gasteiger partial charge < -0.3 is 4.74 Å². The summed E-state index contributed by atoms with van der Waals surface area (Å²) in [6, 6.07) is 2.40. The van der Waals surface area contributed by atoms with Crippen molar-refractivity contribution >= 4 is 11.6 Å². The molecule has 0 amide bonds. The van der Waals surface area contributed by atoms with Gasteiger partial charge in [0.05, 0.1) is 12.1 Å². The molecule has 1 aromatic rings. The monoisotopic (exact) mass is 267 g/mol. The van der Waals surface area contributed by atoms with E-state index >= 15 is 0 Å². The van der Waals surface area contributed by atoms with Gasteiger partial charge in [-0.2, -0.15) is 13.2 Å². The highest BCUT2D eigenvalue weighted by Gasteiger charge is 2.42. The third-order valence-corrected chi connectivity index (χ3v) is 2.61. The van der Waals surface area contributed by atoms with Crippen molar-refractivity contribution in [2.24, 2.45) is 0 Å². The number of alkyl halides is 3. The van der Waals surface area contributed by atoms with E-state index in [-0.39, 0.29) is 10.6 Å². The van der Waals surface area contributed by atoms with E-state index in [9.17, 15) is 13.2 Å². The van der Waals surface area contributed by atoms with Crippen LogP contribution in [0.3, 0.4) is 0 Å². The average Bonchev–Trinajstić information content (AvgIpc) is 2.15. The number of nitrogens with zero attached hydrogens (tertiary/aromatic N) is 1. The quantitative estimate of drug-likeness (QED) is 0.831. The van der Waals surface area contributed by atoms with Crippen molar-refractivity contribution in [1.82, 2.24) is 4.90 Å². The van der Waals surface area contributed by atoms with Crippen LogP contribution in [0.4, 0.5) is 13.2 Å². The van der Waals surface area contributed by atoms with Gasteiger partial charge in [-0.1, -0.05) is 17.7 Å². The maximum atomic E-state index is 12.9. The Bertz CT molecular complexity index is 393. The lowest BCUT2D eigenvalue weighted by molar-refractivity contribution is -0.179. The standard InChI is InChI=1S/C11H13ClF3NO/c1-16(2)10(11(13,14)15)7-4-5-9(17-3)8(12)6-7/h4-6,10H,1-3H3. The van der Waals surface area contributed by atoms with Crippen molar-refractivity contribution in [3.63, 3.8) is 0 Å². The Hall–Kier alpha value is -0.940. The van der Waals surface area contributed by atoms with E-state index < -0.39 is 12.2 Å². The molecule has 0 heterocycles. The van der Waals surface area contributed by atoms with E-state index in [2.05, 4.69) is 0 Å². The molecule has 0 saturated heterocycles. The van der Waals surface area contributed by atoms with Gasteiger partial charge in [-0.15, -0.1) is 0 Å². The zero-order valence-electron chi connectivity index (χ0n) is 9.68. The fourth-order valence-corrected chi connectivity index (χ4v) is 1.90. The van der Waals surface area contributed by atoms with Crippen LogP contribution in [0.1, 0.15) is 11.6 Å². The minimum absolute atomic E-state index is 0.0910. The van der Waals surface area contributed by atoms with E-state index in [0.717, 1.165) is 4.90 Å². The first-order valence-electron chi connectivity index (χ1n) is 4.84. The lowest BCUT2D eigenvalue weighted by Crippen LogP contribution is -2.33. The topological polar surface area (TPSA) is 12.5 Å². The molecule has 0 saturated carbocycles. The average molecular weight is 268 g/mol. The molecule has 1 aromatic carbocycles. The highest BCUT2D eigenvalue weighted by atomic mass is 35.5. The van der Waals surface area contributed by atoms with Crippen LogP contribution in [-0.2, 0) is 0 Å². The van der Waals surface area contributed by atoms with E-state index in [1.54, 1.807) is 0 Å². The first kappa shape index (κ1) is 14.1. The van der Waals surface area contributed by atoms with Crippen molar-refractivity contribution < 1.29 is 17.9 Å². The Kier molecular flexibility index (Phi) is 4.27. The summed E-state index contributed by atoms with van der Waals surface area (Å²) >= 11 is 5.82. The zero-order valence-corrected chi connectivity index (χ0v) is 10.4. The summed E-state index contributed by atoms with van der Waals surface area (Å²) in [5.41, 5.74) is 0.0910. The highest BCUT2D eigenvalue weighted by molar-refractivity contribution is 6.32. The summed E-state index contributed by atoms with van der Waals surface area (Å²) in [5.74, 6) is 0.357. The molecule has 0 aliphatic rings. The van der Waals surface area contributed by atoms with Gasteiger partial charge in [-0.25, -0.2) is 0 Å². The molecule has 0 aliphatic heterocycles. The second-order valence-corrected chi connectivity index (χ2v) is 4.21. The van der Waals surface area contributed by atoms with Gasteiger partial charge in [0.25, 0.3) is 0 Å². The molecule has 0 aromatic heterocycles. The fraction of sp³-hybridized carbons (Fsp3) is 0.455. The molecule has 0 N–H and O–H groups in total. The number of benzene rings is 1. The van der Waals surface area contributed by atoms with Crippen molar-refractivity contribution in [1.29, 1.82) is 0 Å². The van der Waals surface area contributed by atoms with Crippen molar-refractivity contribution in [3.8, 4) is 5.75 Å². The summed E-state index contributed by atoms with van der Waals surface area (Å²) in [6.07, 6.45) is -4.35. The van der Waals surface area contributed by atoms with Crippen LogP contribution in [0.5, 0.6) is 5.75 Å². The summed E-state index contributed by atoms with van der Waals surface area (Å²) in [6.45, 7) is 0. The Balaban J connectivity index is 3.17. The molecule has 96 valence electrons. The summed E-state index contributed by atoms with van der Waals surface area (Å²) < 4.78 is 43.5. The molecule has 1 unspecified atom stereocenters. The Morgan fingerprint density at radius 3 is 2.24 bits per heavy atom. The van der Waals surface area contributed by atoms with Gasteiger partial charge in [-0.3, -0.25) is 4.90 Å². The molecule has 0 bridgehead atoms. The second-order valence-electron chi connectivity index (χ2n) is 3.80. The van der Waals surface area contributed by atoms with Crippen LogP contribution in [0.2, 0.25) is 5.02 Å². The summed E-state index contributed by atoms with van der Waals surface area (Å²) in [5, 5.41) is 0.168. The smallest absolute Gasteiger partial charge is 0.408 e. The van der Waals surface area contributed by atoms with Crippen molar-refractivity contribution in [2.45, 2.75) is 12.2 Å². The van der Waals surface area contributed by atoms with Gasteiger partial charge in [0.1, 0.15) is 11.8 Å². The predicted molar refractivity (Wildman–Crippen MR) is 60.5 cm³/mol. The number of ether oxygens (including phenoxy) is 1. The van der Waals surface area contributed by atoms with Gasteiger partial charge in [0, 0.05) is 0 Å². The van der Waals surface area contributed by atoms with Crippen LogP contribution >= 0.6 is 11.6 Å². The first-order chi connectivity index (χ1) is 7.77. The normalized spacial score (nSPS) is 13.9. The number of methoxy groups -OCH3 is 1. The Morgan fingerprint density at radius 1 is 1.29 bits per heavy atom. The van der Waals surface area contributed by atoms with Crippen LogP contribution in [0, 0.1) is 0 Å². The summed E-state index contributed by atoms with van der Waals surface area (Å²) in [4.78, 5) is 1.10. The molecule has 1 atom stereocenters. The van der Waals surface area contributed by atoms with Crippen LogP contribution in [0.25, 0.3) is 0 Å². The number of rotatable bonds is 3. The second kappa shape index (κ2) is 5.14. The lowest BCUT2D eigenvalue weighted by Gasteiger charge is -2.27. The van der Waals surface area contributed by atoms with E-state index in [1.807, 2.05) is 0 Å². The molecule has 17 heavy (non-hydrogen) atoms. The maximum absolute atomic E-state index is 12.9. The number of halogens is 4. The minimum atomic E-state index is -4.35. The zero-order chi connectivity index (χ0) is 13.2. The van der Waals surface area contributed by atoms with Gasteiger partial charge in [0.2, 0.25) is 0 Å². The molecule has 0 radical (unpaired) electrons. The first-order valence-corrected chi connectivity index (χ1v) is 5.21. The molecule has 1 rings (SSSR count). The molecule has 2 nitrogen and oxygen atoms in total. The largest absolute Gasteiger partial charge is 0.495 e. The van der Waals surface area contributed by atoms with Crippen LogP contribution < -0.4 is 4.74 Å². The lowest BCUT2D eigenvalue weighted by atomic mass is 10.1. The Labute approximate surface area is 103 Å². The molecule has 0 fully saturated rings. The predicted octanol–water partition coefficient (Wildman–Crippen LogP) is 3.51. The molecular formula is C11H13ClF3NO. The van der Waals surface area contributed by atoms with Crippen LogP contribution in [0.15, 0.2) is 18.2 Å². The molecule has 0 aliphatic carbocycles.